The number of nitrogens with zero attached hydrogens (tertiary/aromatic N) is 1. The molecule has 1 aliphatic heterocycles. The first-order valence-electron chi connectivity index (χ1n) is 6.47. The highest BCUT2D eigenvalue weighted by Gasteiger charge is 2.32. The molecule has 1 aliphatic rings. The molecule has 5 heteroatoms. The van der Waals surface area contributed by atoms with E-state index in [2.05, 4.69) is 5.32 Å². The molecule has 0 saturated carbocycles. The maximum absolute atomic E-state index is 12.3. The number of amides is 1. The van der Waals surface area contributed by atoms with E-state index in [1.807, 2.05) is 19.1 Å². The highest BCUT2D eigenvalue weighted by molar-refractivity contribution is 5.96. The largest absolute Gasteiger partial charge is 0.480 e. The van der Waals surface area contributed by atoms with Crippen molar-refractivity contribution >= 4 is 11.9 Å². The van der Waals surface area contributed by atoms with Crippen molar-refractivity contribution in [2.45, 2.75) is 19.4 Å². The Hall–Kier alpha value is -1.88. The molecule has 5 nitrogen and oxygen atoms in total. The maximum Gasteiger partial charge on any atom is 0.327 e. The van der Waals surface area contributed by atoms with Gasteiger partial charge in [-0.3, -0.25) is 4.79 Å². The smallest absolute Gasteiger partial charge is 0.327 e. The third kappa shape index (κ3) is 2.93. The second-order valence-electron chi connectivity index (χ2n) is 4.61. The van der Waals surface area contributed by atoms with E-state index in [9.17, 15) is 9.59 Å². The number of piperazine rings is 1. The van der Waals surface area contributed by atoms with Crippen molar-refractivity contribution in [2.24, 2.45) is 0 Å². The number of hydrogen-bond acceptors (Lipinski definition) is 3. The van der Waals surface area contributed by atoms with Gasteiger partial charge in [0.25, 0.3) is 5.91 Å². The summed E-state index contributed by atoms with van der Waals surface area (Å²) in [6.45, 7) is 3.40. The summed E-state index contributed by atoms with van der Waals surface area (Å²) >= 11 is 0. The number of carboxylic acid groups (broad SMARTS) is 1. The number of aliphatic carboxylic acids is 1. The fourth-order valence-electron chi connectivity index (χ4n) is 2.22. The molecule has 1 fully saturated rings. The molecule has 1 amide bonds. The van der Waals surface area contributed by atoms with Crippen molar-refractivity contribution in [1.29, 1.82) is 0 Å². The lowest BCUT2D eigenvalue weighted by Crippen LogP contribution is -2.56. The van der Waals surface area contributed by atoms with Gasteiger partial charge < -0.3 is 15.3 Å². The molecule has 1 aromatic rings. The number of nitrogens with one attached hydrogen (secondary N) is 1. The normalized spacial score (nSPS) is 19.2. The van der Waals surface area contributed by atoms with Crippen LogP contribution in [-0.4, -0.2) is 47.6 Å². The van der Waals surface area contributed by atoms with Crippen molar-refractivity contribution in [3.8, 4) is 0 Å². The third-order valence-corrected chi connectivity index (χ3v) is 3.40. The predicted molar refractivity (Wildman–Crippen MR) is 71.2 cm³/mol. The van der Waals surface area contributed by atoms with Crippen LogP contribution in [0.25, 0.3) is 0 Å². The first-order valence-corrected chi connectivity index (χ1v) is 6.47. The Balaban J connectivity index is 2.18. The molecule has 1 heterocycles. The Morgan fingerprint density at radius 1 is 1.37 bits per heavy atom. The topological polar surface area (TPSA) is 69.6 Å². The standard InChI is InChI=1S/C14H18N2O3/c1-2-10-3-5-11(6-4-10)13(17)16-8-7-15-9-12(16)14(18)19/h3-6,12,15H,2,7-9H2,1H3,(H,18,19). The lowest BCUT2D eigenvalue weighted by molar-refractivity contribution is -0.142. The van der Waals surface area contributed by atoms with Gasteiger partial charge >= 0.3 is 5.97 Å². The van der Waals surface area contributed by atoms with Crippen LogP contribution in [0.4, 0.5) is 0 Å². The summed E-state index contributed by atoms with van der Waals surface area (Å²) in [4.78, 5) is 24.9. The van der Waals surface area contributed by atoms with Gasteiger partial charge in [-0.1, -0.05) is 19.1 Å². The number of aryl methyl sites for hydroxylation is 1. The van der Waals surface area contributed by atoms with Crippen LogP contribution < -0.4 is 5.32 Å². The van der Waals surface area contributed by atoms with E-state index in [-0.39, 0.29) is 5.91 Å². The molecule has 0 bridgehead atoms. The van der Waals surface area contributed by atoms with Crippen LogP contribution in [0, 0.1) is 0 Å². The fourth-order valence-corrected chi connectivity index (χ4v) is 2.22. The van der Waals surface area contributed by atoms with E-state index in [1.54, 1.807) is 12.1 Å². The van der Waals surface area contributed by atoms with Crippen LogP contribution in [-0.2, 0) is 11.2 Å². The molecule has 1 saturated heterocycles. The quantitative estimate of drug-likeness (QED) is 0.843. The monoisotopic (exact) mass is 262 g/mol. The summed E-state index contributed by atoms with van der Waals surface area (Å²) in [5, 5.41) is 12.1. The van der Waals surface area contributed by atoms with Gasteiger partial charge in [0, 0.05) is 25.2 Å². The number of carbonyl (C=O) groups excluding carboxylic acids is 1. The first-order chi connectivity index (χ1) is 9.13. The maximum atomic E-state index is 12.3. The minimum absolute atomic E-state index is 0.212. The van der Waals surface area contributed by atoms with E-state index < -0.39 is 12.0 Å². The molecule has 0 aliphatic carbocycles. The molecule has 0 radical (unpaired) electrons. The van der Waals surface area contributed by atoms with Crippen LogP contribution in [0.3, 0.4) is 0 Å². The minimum atomic E-state index is -0.967. The first kappa shape index (κ1) is 13.5. The molecular weight excluding hydrogens is 244 g/mol. The van der Waals surface area contributed by atoms with Gasteiger partial charge in [0.2, 0.25) is 0 Å². The van der Waals surface area contributed by atoms with Crippen LogP contribution in [0.15, 0.2) is 24.3 Å². The van der Waals surface area contributed by atoms with Crippen molar-refractivity contribution in [3.63, 3.8) is 0 Å². The number of hydrogen-bond donors (Lipinski definition) is 2. The van der Waals surface area contributed by atoms with Gasteiger partial charge in [0.1, 0.15) is 6.04 Å². The molecule has 1 unspecified atom stereocenters. The lowest BCUT2D eigenvalue weighted by atomic mass is 10.1. The Bertz CT molecular complexity index is 470. The molecule has 102 valence electrons. The van der Waals surface area contributed by atoms with Crippen molar-refractivity contribution < 1.29 is 14.7 Å². The average Bonchev–Trinajstić information content (AvgIpc) is 2.46. The second kappa shape index (κ2) is 5.84. The van der Waals surface area contributed by atoms with E-state index in [0.717, 1.165) is 12.0 Å². The van der Waals surface area contributed by atoms with Gasteiger partial charge in [-0.15, -0.1) is 0 Å². The highest BCUT2D eigenvalue weighted by atomic mass is 16.4. The molecule has 0 aromatic heterocycles. The Kier molecular flexibility index (Phi) is 4.16. The molecule has 19 heavy (non-hydrogen) atoms. The fraction of sp³-hybridized carbons (Fsp3) is 0.429. The van der Waals surface area contributed by atoms with E-state index in [4.69, 9.17) is 5.11 Å². The zero-order chi connectivity index (χ0) is 13.8. The summed E-state index contributed by atoms with van der Waals surface area (Å²) < 4.78 is 0. The summed E-state index contributed by atoms with van der Waals surface area (Å²) in [6, 6.07) is 6.56. The molecule has 0 spiro atoms. The van der Waals surface area contributed by atoms with Crippen molar-refractivity contribution in [3.05, 3.63) is 35.4 Å². The van der Waals surface area contributed by atoms with Gasteiger partial charge in [-0.2, -0.15) is 0 Å². The molecular formula is C14H18N2O3. The Morgan fingerprint density at radius 2 is 2.05 bits per heavy atom. The summed E-state index contributed by atoms with van der Waals surface area (Å²) in [7, 11) is 0. The van der Waals surface area contributed by atoms with Crippen LogP contribution in [0.5, 0.6) is 0 Å². The molecule has 1 atom stereocenters. The zero-order valence-electron chi connectivity index (χ0n) is 10.9. The zero-order valence-corrected chi connectivity index (χ0v) is 10.9. The predicted octanol–water partition coefficient (Wildman–Crippen LogP) is 0.748. The number of rotatable bonds is 3. The number of carboxylic acids is 1. The van der Waals surface area contributed by atoms with Crippen LogP contribution >= 0.6 is 0 Å². The van der Waals surface area contributed by atoms with Crippen molar-refractivity contribution in [1.82, 2.24) is 10.2 Å². The summed E-state index contributed by atoms with van der Waals surface area (Å²) in [5.41, 5.74) is 1.71. The van der Waals surface area contributed by atoms with Crippen LogP contribution in [0.1, 0.15) is 22.8 Å². The lowest BCUT2D eigenvalue weighted by Gasteiger charge is -2.33. The van der Waals surface area contributed by atoms with E-state index in [0.29, 0.717) is 25.2 Å². The van der Waals surface area contributed by atoms with Gasteiger partial charge in [-0.25, -0.2) is 4.79 Å². The number of carbonyl (C=O) groups is 2. The minimum Gasteiger partial charge on any atom is -0.480 e. The molecule has 1 aromatic carbocycles. The summed E-state index contributed by atoms with van der Waals surface area (Å²) in [6.07, 6.45) is 0.917. The van der Waals surface area contributed by atoms with E-state index >= 15 is 0 Å². The molecule has 2 rings (SSSR count). The van der Waals surface area contributed by atoms with Gasteiger partial charge in [0.05, 0.1) is 0 Å². The van der Waals surface area contributed by atoms with Gasteiger partial charge in [0.15, 0.2) is 0 Å². The average molecular weight is 262 g/mol. The SMILES string of the molecule is CCc1ccc(C(=O)N2CCNCC2C(=O)O)cc1. The Labute approximate surface area is 112 Å². The third-order valence-electron chi connectivity index (χ3n) is 3.40. The van der Waals surface area contributed by atoms with Crippen LogP contribution in [0.2, 0.25) is 0 Å². The second-order valence-corrected chi connectivity index (χ2v) is 4.61. The number of benzene rings is 1. The van der Waals surface area contributed by atoms with E-state index in [1.165, 1.54) is 4.90 Å². The Morgan fingerprint density at radius 3 is 2.63 bits per heavy atom. The van der Waals surface area contributed by atoms with Gasteiger partial charge in [-0.05, 0) is 24.1 Å². The molecule has 2 N–H and O–H groups in total. The van der Waals surface area contributed by atoms with Crippen molar-refractivity contribution in [2.75, 3.05) is 19.6 Å². The summed E-state index contributed by atoms with van der Waals surface area (Å²) in [5.74, 6) is -1.18. The highest BCUT2D eigenvalue weighted by Crippen LogP contribution is 2.12.